The van der Waals surface area contributed by atoms with Gasteiger partial charge >= 0.3 is 0 Å². The van der Waals surface area contributed by atoms with Gasteiger partial charge in [0.25, 0.3) is 0 Å². The predicted octanol–water partition coefficient (Wildman–Crippen LogP) is 3.12. The minimum Gasteiger partial charge on any atom is -0.466 e. The summed E-state index contributed by atoms with van der Waals surface area (Å²) in [5.41, 5.74) is 2.14. The van der Waals surface area contributed by atoms with Gasteiger partial charge in [-0.3, -0.25) is 0 Å². The number of hydrogen-bond donors (Lipinski definition) is 1. The van der Waals surface area contributed by atoms with Crippen LogP contribution in [0.15, 0.2) is 34.9 Å². The fourth-order valence-corrected chi connectivity index (χ4v) is 1.74. The Morgan fingerprint density at radius 2 is 2.00 bits per heavy atom. The number of halogens is 1. The zero-order valence-corrected chi connectivity index (χ0v) is 9.20. The van der Waals surface area contributed by atoms with E-state index in [1.165, 1.54) is 18.4 Å². The second kappa shape index (κ2) is 4.10. The molecular weight excluding hydrogens is 207 g/mol. The summed E-state index contributed by atoms with van der Waals surface area (Å²) < 4.78 is 18.4. The average Bonchev–Trinajstić information content (AvgIpc) is 2.62. The highest BCUT2D eigenvalue weighted by atomic mass is 19.1. The van der Waals surface area contributed by atoms with Crippen LogP contribution in [0, 0.1) is 19.7 Å². The van der Waals surface area contributed by atoms with Crippen molar-refractivity contribution in [3.8, 4) is 0 Å². The van der Waals surface area contributed by atoms with Crippen LogP contribution in [0.5, 0.6) is 0 Å². The van der Waals surface area contributed by atoms with Crippen LogP contribution in [-0.2, 0) is 0 Å². The van der Waals surface area contributed by atoms with Crippen LogP contribution in [0.1, 0.15) is 28.6 Å². The van der Waals surface area contributed by atoms with Gasteiger partial charge < -0.3 is 9.52 Å². The summed E-state index contributed by atoms with van der Waals surface area (Å²) in [5, 5.41) is 10.1. The summed E-state index contributed by atoms with van der Waals surface area (Å²) in [6.45, 7) is 3.63. The van der Waals surface area contributed by atoms with Crippen LogP contribution in [0.25, 0.3) is 0 Å². The van der Waals surface area contributed by atoms with Crippen molar-refractivity contribution >= 4 is 0 Å². The predicted molar refractivity (Wildman–Crippen MR) is 58.6 cm³/mol. The molecule has 84 valence electrons. The molecule has 1 aromatic heterocycles. The van der Waals surface area contributed by atoms with Crippen LogP contribution in [0.4, 0.5) is 4.39 Å². The molecule has 0 fully saturated rings. The number of rotatable bonds is 2. The first-order valence-electron chi connectivity index (χ1n) is 5.07. The lowest BCUT2D eigenvalue weighted by atomic mass is 10.0. The van der Waals surface area contributed by atoms with Crippen molar-refractivity contribution < 1.29 is 13.9 Å². The van der Waals surface area contributed by atoms with Gasteiger partial charge in [-0.1, -0.05) is 6.07 Å². The fraction of sp³-hybridized carbons (Fsp3) is 0.231. The van der Waals surface area contributed by atoms with Crippen molar-refractivity contribution in [2.24, 2.45) is 0 Å². The Kier molecular flexibility index (Phi) is 2.79. The van der Waals surface area contributed by atoms with Gasteiger partial charge in [-0.25, -0.2) is 4.39 Å². The number of furan rings is 1. The van der Waals surface area contributed by atoms with Crippen molar-refractivity contribution in [2.45, 2.75) is 20.0 Å². The van der Waals surface area contributed by atoms with E-state index in [-0.39, 0.29) is 5.82 Å². The van der Waals surface area contributed by atoms with E-state index in [0.717, 1.165) is 11.1 Å². The lowest BCUT2D eigenvalue weighted by Gasteiger charge is -2.10. The average molecular weight is 220 g/mol. The minimum absolute atomic E-state index is 0.349. The first-order chi connectivity index (χ1) is 7.58. The molecule has 1 aromatic carbocycles. The second-order valence-electron chi connectivity index (χ2n) is 3.93. The quantitative estimate of drug-likeness (QED) is 0.843. The lowest BCUT2D eigenvalue weighted by Crippen LogP contribution is -2.01. The monoisotopic (exact) mass is 220 g/mol. The summed E-state index contributed by atoms with van der Waals surface area (Å²) in [6, 6.07) is 6.26. The van der Waals surface area contributed by atoms with Crippen LogP contribution >= 0.6 is 0 Å². The maximum absolute atomic E-state index is 13.2. The van der Waals surface area contributed by atoms with E-state index >= 15 is 0 Å². The Morgan fingerprint density at radius 1 is 1.25 bits per heavy atom. The molecule has 2 rings (SSSR count). The molecular formula is C13H13FO2. The fourth-order valence-electron chi connectivity index (χ4n) is 1.74. The number of hydrogen-bond acceptors (Lipinski definition) is 2. The first kappa shape index (κ1) is 10.9. The number of aliphatic hydroxyl groups excluding tert-OH is 1. The summed E-state index contributed by atoms with van der Waals surface area (Å²) >= 11 is 0. The highest BCUT2D eigenvalue weighted by Crippen LogP contribution is 2.26. The molecule has 0 saturated heterocycles. The largest absolute Gasteiger partial charge is 0.466 e. The van der Waals surface area contributed by atoms with E-state index < -0.39 is 6.10 Å². The van der Waals surface area contributed by atoms with Crippen molar-refractivity contribution in [1.29, 1.82) is 0 Å². The standard InChI is InChI=1S/C13H13FO2/c1-8-5-10(7-11(14)6-8)12(15)13-9(2)3-4-16-13/h3-7,12,15H,1-2H3. The van der Waals surface area contributed by atoms with E-state index in [4.69, 9.17) is 4.42 Å². The molecule has 3 heteroatoms. The second-order valence-corrected chi connectivity index (χ2v) is 3.93. The van der Waals surface area contributed by atoms with Gasteiger partial charge in [-0.15, -0.1) is 0 Å². The molecule has 2 aromatic rings. The highest BCUT2D eigenvalue weighted by Gasteiger charge is 2.17. The van der Waals surface area contributed by atoms with Gasteiger partial charge in [-0.2, -0.15) is 0 Å². The summed E-state index contributed by atoms with van der Waals surface area (Å²) in [7, 11) is 0. The smallest absolute Gasteiger partial charge is 0.139 e. The van der Waals surface area contributed by atoms with Crippen molar-refractivity contribution in [1.82, 2.24) is 0 Å². The summed E-state index contributed by atoms with van der Waals surface area (Å²) in [5.74, 6) is 0.114. The van der Waals surface area contributed by atoms with E-state index in [2.05, 4.69) is 0 Å². The number of aliphatic hydroxyl groups is 1. The normalized spacial score (nSPS) is 12.8. The minimum atomic E-state index is -0.913. The molecule has 0 saturated carbocycles. The van der Waals surface area contributed by atoms with E-state index in [1.54, 1.807) is 19.1 Å². The van der Waals surface area contributed by atoms with E-state index in [1.807, 2.05) is 6.92 Å². The third kappa shape index (κ3) is 1.99. The van der Waals surface area contributed by atoms with Gasteiger partial charge in [0, 0.05) is 0 Å². The van der Waals surface area contributed by atoms with Crippen LogP contribution in [-0.4, -0.2) is 5.11 Å². The molecule has 0 aliphatic rings. The molecule has 1 heterocycles. The summed E-state index contributed by atoms with van der Waals surface area (Å²) in [4.78, 5) is 0. The molecule has 1 atom stereocenters. The molecule has 1 N–H and O–H groups in total. The zero-order valence-electron chi connectivity index (χ0n) is 9.20. The van der Waals surface area contributed by atoms with Crippen molar-refractivity contribution in [3.05, 3.63) is 58.8 Å². The van der Waals surface area contributed by atoms with Gasteiger partial charge in [0.1, 0.15) is 17.7 Å². The van der Waals surface area contributed by atoms with Crippen LogP contribution in [0.2, 0.25) is 0 Å². The van der Waals surface area contributed by atoms with Gasteiger partial charge in [-0.05, 0) is 48.7 Å². The van der Waals surface area contributed by atoms with Crippen molar-refractivity contribution in [2.75, 3.05) is 0 Å². The maximum atomic E-state index is 13.2. The third-order valence-electron chi connectivity index (χ3n) is 2.53. The molecule has 0 aliphatic carbocycles. The van der Waals surface area contributed by atoms with Gasteiger partial charge in [0.15, 0.2) is 0 Å². The van der Waals surface area contributed by atoms with Crippen LogP contribution < -0.4 is 0 Å². The number of benzene rings is 1. The Balaban J connectivity index is 2.41. The maximum Gasteiger partial charge on any atom is 0.139 e. The zero-order chi connectivity index (χ0) is 11.7. The molecule has 0 bridgehead atoms. The third-order valence-corrected chi connectivity index (χ3v) is 2.53. The molecule has 0 amide bonds. The van der Waals surface area contributed by atoms with Crippen LogP contribution in [0.3, 0.4) is 0 Å². The molecule has 2 nitrogen and oxygen atoms in total. The molecule has 0 radical (unpaired) electrons. The first-order valence-corrected chi connectivity index (χ1v) is 5.07. The van der Waals surface area contributed by atoms with Gasteiger partial charge in [0.2, 0.25) is 0 Å². The van der Waals surface area contributed by atoms with E-state index in [9.17, 15) is 9.50 Å². The highest BCUT2D eigenvalue weighted by molar-refractivity contribution is 5.31. The SMILES string of the molecule is Cc1cc(F)cc(C(O)c2occc2C)c1. The van der Waals surface area contributed by atoms with Crippen molar-refractivity contribution in [3.63, 3.8) is 0 Å². The Hall–Kier alpha value is -1.61. The molecule has 16 heavy (non-hydrogen) atoms. The number of aryl methyl sites for hydroxylation is 2. The topological polar surface area (TPSA) is 33.4 Å². The Morgan fingerprint density at radius 3 is 2.56 bits per heavy atom. The van der Waals surface area contributed by atoms with E-state index in [0.29, 0.717) is 11.3 Å². The molecule has 1 unspecified atom stereocenters. The Bertz CT molecular complexity index is 482. The molecule has 0 spiro atoms. The van der Waals surface area contributed by atoms with Gasteiger partial charge in [0.05, 0.1) is 6.26 Å². The summed E-state index contributed by atoms with van der Waals surface area (Å²) in [6.07, 6.45) is 0.601. The lowest BCUT2D eigenvalue weighted by molar-refractivity contribution is 0.188. The molecule has 0 aliphatic heterocycles. The Labute approximate surface area is 93.3 Å².